The number of carbonyl (C=O) groups is 1. The molecule has 9 heteroatoms. The molecular weight excluding hydrogens is 350 g/mol. The zero-order chi connectivity index (χ0) is 19.2. The molecule has 0 atom stereocenters. The fraction of sp³-hybridized carbons (Fsp3) is 0.222. The summed E-state index contributed by atoms with van der Waals surface area (Å²) in [6, 6.07) is 12.4. The zero-order valence-electron chi connectivity index (χ0n) is 15.2. The second-order valence-corrected chi connectivity index (χ2v) is 5.46. The average Bonchev–Trinajstić information content (AvgIpc) is 3.16. The van der Waals surface area contributed by atoms with Gasteiger partial charge in [-0.3, -0.25) is 4.79 Å². The van der Waals surface area contributed by atoms with Gasteiger partial charge in [-0.2, -0.15) is 4.80 Å². The van der Waals surface area contributed by atoms with Gasteiger partial charge in [0, 0.05) is 5.56 Å². The Morgan fingerprint density at radius 1 is 1.00 bits per heavy atom. The standard InChI is InChI=1S/C18H19N5O4/c1-25-14-7-5-4-6-13(14)19-17(24)11-23-21-18(20-22-23)12-8-9-15(26-2)16(10-12)27-3/h4-10H,11H2,1-3H3,(H,19,24). The number of para-hydroxylation sites is 2. The number of benzene rings is 2. The van der Waals surface area contributed by atoms with E-state index in [2.05, 4.69) is 20.7 Å². The number of anilines is 1. The number of amides is 1. The van der Waals surface area contributed by atoms with Crippen LogP contribution in [0.25, 0.3) is 11.4 Å². The summed E-state index contributed by atoms with van der Waals surface area (Å²) in [6.07, 6.45) is 0. The van der Waals surface area contributed by atoms with Crippen LogP contribution in [0.15, 0.2) is 42.5 Å². The number of methoxy groups -OCH3 is 3. The highest BCUT2D eigenvalue weighted by atomic mass is 16.5. The Balaban J connectivity index is 1.71. The molecule has 1 amide bonds. The number of nitrogens with zero attached hydrogens (tertiary/aromatic N) is 4. The number of aromatic nitrogens is 4. The molecule has 0 unspecified atom stereocenters. The number of tetrazole rings is 1. The first kappa shape index (κ1) is 18.2. The molecule has 0 aliphatic heterocycles. The van der Waals surface area contributed by atoms with Crippen LogP contribution >= 0.6 is 0 Å². The summed E-state index contributed by atoms with van der Waals surface area (Å²) in [5.41, 5.74) is 1.27. The van der Waals surface area contributed by atoms with Crippen LogP contribution < -0.4 is 19.5 Å². The van der Waals surface area contributed by atoms with Crippen LogP contribution in [-0.4, -0.2) is 47.4 Å². The minimum Gasteiger partial charge on any atom is -0.495 e. The van der Waals surface area contributed by atoms with Gasteiger partial charge in [0.2, 0.25) is 11.7 Å². The third-order valence-electron chi connectivity index (χ3n) is 3.76. The summed E-state index contributed by atoms with van der Waals surface area (Å²) in [7, 11) is 4.65. The second kappa shape index (κ2) is 8.17. The summed E-state index contributed by atoms with van der Waals surface area (Å²) in [6.45, 7) is -0.0850. The van der Waals surface area contributed by atoms with Crippen molar-refractivity contribution < 1.29 is 19.0 Å². The third kappa shape index (κ3) is 4.14. The number of ether oxygens (including phenoxy) is 3. The van der Waals surface area contributed by atoms with Crippen molar-refractivity contribution in [2.24, 2.45) is 0 Å². The van der Waals surface area contributed by atoms with Crippen molar-refractivity contribution in [1.82, 2.24) is 20.2 Å². The first-order valence-electron chi connectivity index (χ1n) is 8.07. The molecule has 0 aliphatic rings. The van der Waals surface area contributed by atoms with Gasteiger partial charge in [0.15, 0.2) is 11.5 Å². The molecule has 2 aromatic carbocycles. The molecule has 1 N–H and O–H groups in total. The first-order chi connectivity index (χ1) is 13.1. The van der Waals surface area contributed by atoms with Crippen molar-refractivity contribution in [3.05, 3.63) is 42.5 Å². The molecule has 1 heterocycles. The van der Waals surface area contributed by atoms with Gasteiger partial charge in [-0.05, 0) is 35.5 Å². The van der Waals surface area contributed by atoms with E-state index in [1.54, 1.807) is 57.7 Å². The largest absolute Gasteiger partial charge is 0.495 e. The highest BCUT2D eigenvalue weighted by Gasteiger charge is 2.13. The zero-order valence-corrected chi connectivity index (χ0v) is 15.2. The van der Waals surface area contributed by atoms with Gasteiger partial charge in [-0.25, -0.2) is 0 Å². The van der Waals surface area contributed by atoms with Gasteiger partial charge < -0.3 is 19.5 Å². The van der Waals surface area contributed by atoms with E-state index >= 15 is 0 Å². The summed E-state index contributed by atoms with van der Waals surface area (Å²) in [5, 5.41) is 14.9. The lowest BCUT2D eigenvalue weighted by atomic mass is 10.2. The maximum Gasteiger partial charge on any atom is 0.248 e. The molecule has 9 nitrogen and oxygen atoms in total. The quantitative estimate of drug-likeness (QED) is 0.680. The molecular formula is C18H19N5O4. The minimum absolute atomic E-state index is 0.0850. The van der Waals surface area contributed by atoms with Gasteiger partial charge in [-0.15, -0.1) is 10.2 Å². The van der Waals surface area contributed by atoms with E-state index in [4.69, 9.17) is 14.2 Å². The maximum atomic E-state index is 12.2. The Morgan fingerprint density at radius 2 is 1.74 bits per heavy atom. The van der Waals surface area contributed by atoms with Crippen LogP contribution in [0.3, 0.4) is 0 Å². The van der Waals surface area contributed by atoms with Crippen LogP contribution in [0, 0.1) is 0 Å². The summed E-state index contributed by atoms with van der Waals surface area (Å²) in [4.78, 5) is 13.5. The summed E-state index contributed by atoms with van der Waals surface area (Å²) in [5.74, 6) is 1.81. The predicted molar refractivity (Wildman–Crippen MR) is 98.0 cm³/mol. The number of hydrogen-bond donors (Lipinski definition) is 1. The van der Waals surface area contributed by atoms with E-state index < -0.39 is 0 Å². The molecule has 140 valence electrons. The Kier molecular flexibility index (Phi) is 5.50. The lowest BCUT2D eigenvalue weighted by Crippen LogP contribution is -2.20. The molecule has 0 bridgehead atoms. The monoisotopic (exact) mass is 369 g/mol. The van der Waals surface area contributed by atoms with E-state index in [1.165, 1.54) is 4.80 Å². The Bertz CT molecular complexity index is 941. The van der Waals surface area contributed by atoms with Crippen molar-refractivity contribution in [2.75, 3.05) is 26.6 Å². The molecule has 0 saturated heterocycles. The molecule has 3 aromatic rings. The fourth-order valence-electron chi connectivity index (χ4n) is 2.47. The number of carbonyl (C=O) groups excluding carboxylic acids is 1. The van der Waals surface area contributed by atoms with E-state index in [0.717, 1.165) is 0 Å². The van der Waals surface area contributed by atoms with Gasteiger partial charge >= 0.3 is 0 Å². The van der Waals surface area contributed by atoms with Gasteiger partial charge in [-0.1, -0.05) is 12.1 Å². The smallest absolute Gasteiger partial charge is 0.248 e. The van der Waals surface area contributed by atoms with Crippen molar-refractivity contribution in [2.45, 2.75) is 6.54 Å². The topological polar surface area (TPSA) is 100 Å². The average molecular weight is 369 g/mol. The number of rotatable bonds is 7. The lowest BCUT2D eigenvalue weighted by Gasteiger charge is -2.09. The molecule has 27 heavy (non-hydrogen) atoms. The Labute approximate surface area is 155 Å². The predicted octanol–water partition coefficient (Wildman–Crippen LogP) is 2.00. The Hall–Kier alpha value is -3.62. The van der Waals surface area contributed by atoms with Crippen LogP contribution in [0.5, 0.6) is 17.2 Å². The van der Waals surface area contributed by atoms with Crippen molar-refractivity contribution in [3.63, 3.8) is 0 Å². The highest BCUT2D eigenvalue weighted by molar-refractivity contribution is 5.92. The van der Waals surface area contributed by atoms with E-state index in [0.29, 0.717) is 34.3 Å². The van der Waals surface area contributed by atoms with Crippen molar-refractivity contribution in [1.29, 1.82) is 0 Å². The highest BCUT2D eigenvalue weighted by Crippen LogP contribution is 2.30. The summed E-state index contributed by atoms with van der Waals surface area (Å²) >= 11 is 0. The fourth-order valence-corrected chi connectivity index (χ4v) is 2.47. The van der Waals surface area contributed by atoms with Crippen molar-refractivity contribution in [3.8, 4) is 28.6 Å². The lowest BCUT2D eigenvalue weighted by molar-refractivity contribution is -0.117. The number of nitrogens with one attached hydrogen (secondary N) is 1. The minimum atomic E-state index is -0.296. The molecule has 1 aromatic heterocycles. The second-order valence-electron chi connectivity index (χ2n) is 5.46. The molecule has 0 radical (unpaired) electrons. The van der Waals surface area contributed by atoms with E-state index in [-0.39, 0.29) is 12.5 Å². The Morgan fingerprint density at radius 3 is 2.48 bits per heavy atom. The molecule has 0 aliphatic carbocycles. The van der Waals surface area contributed by atoms with Crippen LogP contribution in [0.2, 0.25) is 0 Å². The molecule has 0 saturated carbocycles. The van der Waals surface area contributed by atoms with E-state index in [9.17, 15) is 4.79 Å². The van der Waals surface area contributed by atoms with Crippen molar-refractivity contribution >= 4 is 11.6 Å². The normalized spacial score (nSPS) is 10.3. The number of hydrogen-bond acceptors (Lipinski definition) is 7. The van der Waals surface area contributed by atoms with Gasteiger partial charge in [0.05, 0.1) is 27.0 Å². The van der Waals surface area contributed by atoms with Crippen LogP contribution in [0.1, 0.15) is 0 Å². The van der Waals surface area contributed by atoms with Gasteiger partial charge in [0.1, 0.15) is 12.3 Å². The summed E-state index contributed by atoms with van der Waals surface area (Å²) < 4.78 is 15.7. The maximum absolute atomic E-state index is 12.2. The van der Waals surface area contributed by atoms with Crippen LogP contribution in [0.4, 0.5) is 5.69 Å². The molecule has 3 rings (SSSR count). The van der Waals surface area contributed by atoms with Gasteiger partial charge in [0.25, 0.3) is 0 Å². The third-order valence-corrected chi connectivity index (χ3v) is 3.76. The molecule has 0 fully saturated rings. The SMILES string of the molecule is COc1ccccc1NC(=O)Cn1nnc(-c2ccc(OC)c(OC)c2)n1. The molecule has 0 spiro atoms. The van der Waals surface area contributed by atoms with E-state index in [1.807, 2.05) is 6.07 Å². The van der Waals surface area contributed by atoms with Crippen LogP contribution in [-0.2, 0) is 11.3 Å². The first-order valence-corrected chi connectivity index (χ1v) is 8.07.